The molecule has 0 spiro atoms. The molecule has 3 aromatic rings. The molecule has 2 heterocycles. The van der Waals surface area contributed by atoms with Crippen LogP contribution in [0.25, 0.3) is 16.9 Å². The predicted molar refractivity (Wildman–Crippen MR) is 114 cm³/mol. The predicted octanol–water partition coefficient (Wildman–Crippen LogP) is 2.90. The lowest BCUT2D eigenvalue weighted by Crippen LogP contribution is -2.39. The van der Waals surface area contributed by atoms with E-state index in [4.69, 9.17) is 0 Å². The number of nitrogens with zero attached hydrogens (tertiary/aromatic N) is 4. The van der Waals surface area contributed by atoms with Crippen LogP contribution in [-0.2, 0) is 9.59 Å². The van der Waals surface area contributed by atoms with Gasteiger partial charge in [-0.25, -0.2) is 9.48 Å². The van der Waals surface area contributed by atoms with E-state index in [1.807, 2.05) is 60.7 Å². The summed E-state index contributed by atoms with van der Waals surface area (Å²) in [7, 11) is 0. The van der Waals surface area contributed by atoms with Gasteiger partial charge in [-0.05, 0) is 25.0 Å². The molecule has 8 heteroatoms. The van der Waals surface area contributed by atoms with Crippen molar-refractivity contribution in [3.05, 3.63) is 66.7 Å². The van der Waals surface area contributed by atoms with Gasteiger partial charge in [0.1, 0.15) is 18.9 Å². The highest BCUT2D eigenvalue weighted by Gasteiger charge is 2.44. The average molecular weight is 415 g/mol. The molecule has 1 aliphatic heterocycles. The number of benzene rings is 2. The van der Waals surface area contributed by atoms with E-state index in [9.17, 15) is 14.4 Å². The summed E-state index contributed by atoms with van der Waals surface area (Å²) in [5.74, 6) is -0.321. The molecule has 31 heavy (non-hydrogen) atoms. The highest BCUT2D eigenvalue weighted by molar-refractivity contribution is 6.06. The van der Waals surface area contributed by atoms with E-state index >= 15 is 0 Å². The van der Waals surface area contributed by atoms with Gasteiger partial charge in [-0.15, -0.1) is 0 Å². The van der Waals surface area contributed by atoms with Crippen molar-refractivity contribution in [3.8, 4) is 16.9 Å². The molecule has 1 aromatic heterocycles. The number of anilines is 1. The van der Waals surface area contributed by atoms with Crippen LogP contribution in [0, 0.1) is 0 Å². The minimum absolute atomic E-state index is 0.0525. The lowest BCUT2D eigenvalue weighted by molar-refractivity contribution is -0.129. The van der Waals surface area contributed by atoms with Gasteiger partial charge < -0.3 is 10.2 Å². The maximum atomic E-state index is 12.8. The number of imide groups is 1. The minimum atomic E-state index is -0.448. The maximum Gasteiger partial charge on any atom is 0.327 e. The Morgan fingerprint density at radius 2 is 1.68 bits per heavy atom. The quantitative estimate of drug-likeness (QED) is 0.627. The van der Waals surface area contributed by atoms with Crippen LogP contribution >= 0.6 is 0 Å². The van der Waals surface area contributed by atoms with Crippen LogP contribution in [0.4, 0.5) is 10.6 Å². The molecule has 0 bridgehead atoms. The van der Waals surface area contributed by atoms with Crippen LogP contribution in [0.1, 0.15) is 12.8 Å². The van der Waals surface area contributed by atoms with Crippen molar-refractivity contribution >= 4 is 23.7 Å². The van der Waals surface area contributed by atoms with E-state index in [2.05, 4.69) is 10.4 Å². The number of carbonyl (C=O) groups excluding carboxylic acids is 3. The Labute approximate surface area is 179 Å². The monoisotopic (exact) mass is 415 g/mol. The van der Waals surface area contributed by atoms with Crippen molar-refractivity contribution in [3.63, 3.8) is 0 Å². The molecule has 0 atom stereocenters. The number of rotatable bonds is 6. The smallest absolute Gasteiger partial charge is 0.312 e. The molecule has 5 rings (SSSR count). The van der Waals surface area contributed by atoms with Crippen LogP contribution < -0.4 is 5.32 Å². The van der Waals surface area contributed by atoms with Gasteiger partial charge >= 0.3 is 6.03 Å². The fourth-order valence-corrected chi connectivity index (χ4v) is 3.70. The Morgan fingerprint density at radius 1 is 1.00 bits per heavy atom. The SMILES string of the molecule is O=C(CN1C(=O)CN(C2CC2)C1=O)Nc1cc(-c2ccccc2)nn1-c1ccccc1. The first-order valence-electron chi connectivity index (χ1n) is 10.2. The van der Waals surface area contributed by atoms with Gasteiger partial charge in [0.05, 0.1) is 11.4 Å². The molecule has 2 aliphatic rings. The van der Waals surface area contributed by atoms with Crippen molar-refractivity contribution < 1.29 is 14.4 Å². The summed E-state index contributed by atoms with van der Waals surface area (Å²) in [5.41, 5.74) is 2.40. The minimum Gasteiger partial charge on any atom is -0.312 e. The van der Waals surface area contributed by atoms with E-state index in [1.165, 1.54) is 0 Å². The van der Waals surface area contributed by atoms with Crippen LogP contribution in [0.2, 0.25) is 0 Å². The second-order valence-corrected chi connectivity index (χ2v) is 7.70. The summed E-state index contributed by atoms with van der Waals surface area (Å²) in [6, 6.07) is 20.6. The number of carbonyl (C=O) groups is 3. The lowest BCUT2D eigenvalue weighted by atomic mass is 10.2. The van der Waals surface area contributed by atoms with Crippen molar-refractivity contribution in [1.29, 1.82) is 0 Å². The molecule has 1 saturated carbocycles. The molecule has 2 fully saturated rings. The molecule has 0 radical (unpaired) electrons. The Balaban J connectivity index is 1.39. The highest BCUT2D eigenvalue weighted by Crippen LogP contribution is 2.30. The van der Waals surface area contributed by atoms with E-state index in [-0.39, 0.29) is 31.1 Å². The van der Waals surface area contributed by atoms with Crippen molar-refractivity contribution in [1.82, 2.24) is 19.6 Å². The van der Waals surface area contributed by atoms with Gasteiger partial charge in [0.25, 0.3) is 5.91 Å². The van der Waals surface area contributed by atoms with Crippen LogP contribution in [-0.4, -0.2) is 56.6 Å². The molecule has 0 unspecified atom stereocenters. The first kappa shape index (κ1) is 19.0. The number of aromatic nitrogens is 2. The second kappa shape index (κ2) is 7.71. The normalized spacial score (nSPS) is 16.1. The van der Waals surface area contributed by atoms with E-state index in [0.717, 1.165) is 29.0 Å². The molecular weight excluding hydrogens is 394 g/mol. The van der Waals surface area contributed by atoms with Crippen molar-refractivity contribution in [2.75, 3.05) is 18.4 Å². The number of para-hydroxylation sites is 1. The van der Waals surface area contributed by atoms with Crippen molar-refractivity contribution in [2.45, 2.75) is 18.9 Å². The molecule has 1 N–H and O–H groups in total. The summed E-state index contributed by atoms with van der Waals surface area (Å²) >= 11 is 0. The van der Waals surface area contributed by atoms with Crippen LogP contribution in [0.3, 0.4) is 0 Å². The van der Waals surface area contributed by atoms with Gasteiger partial charge in [0, 0.05) is 17.7 Å². The first-order chi connectivity index (χ1) is 15.1. The Morgan fingerprint density at radius 3 is 2.35 bits per heavy atom. The molecular formula is C23H21N5O3. The fourth-order valence-electron chi connectivity index (χ4n) is 3.70. The second-order valence-electron chi connectivity index (χ2n) is 7.70. The number of urea groups is 1. The van der Waals surface area contributed by atoms with Crippen LogP contribution in [0.15, 0.2) is 66.7 Å². The first-order valence-corrected chi connectivity index (χ1v) is 10.2. The number of amides is 4. The number of hydrogen-bond donors (Lipinski definition) is 1. The third kappa shape index (κ3) is 3.79. The van der Waals surface area contributed by atoms with Gasteiger partial charge in [-0.3, -0.25) is 14.5 Å². The summed E-state index contributed by atoms with van der Waals surface area (Å²) in [6.45, 7) is -0.265. The van der Waals surface area contributed by atoms with E-state index < -0.39 is 5.91 Å². The lowest BCUT2D eigenvalue weighted by Gasteiger charge is -2.16. The van der Waals surface area contributed by atoms with Crippen molar-refractivity contribution in [2.24, 2.45) is 0 Å². The molecule has 1 saturated heterocycles. The fraction of sp³-hybridized carbons (Fsp3) is 0.217. The van der Waals surface area contributed by atoms with Gasteiger partial charge in [-0.2, -0.15) is 5.10 Å². The summed E-state index contributed by atoms with van der Waals surface area (Å²) in [4.78, 5) is 40.1. The Hall–Kier alpha value is -3.94. The highest BCUT2D eigenvalue weighted by atomic mass is 16.2. The number of hydrogen-bond acceptors (Lipinski definition) is 4. The molecule has 8 nitrogen and oxygen atoms in total. The topological polar surface area (TPSA) is 87.5 Å². The standard InChI is InChI=1S/C23H21N5O3/c29-21(14-27-22(30)15-26(23(27)31)17-11-12-17)24-20-13-19(16-7-3-1-4-8-16)25-28(20)18-9-5-2-6-10-18/h1-10,13,17H,11-12,14-15H2,(H,24,29). The van der Waals surface area contributed by atoms with Gasteiger partial charge in [0.2, 0.25) is 5.91 Å². The molecule has 2 aromatic carbocycles. The molecule has 1 aliphatic carbocycles. The van der Waals surface area contributed by atoms with Gasteiger partial charge in [-0.1, -0.05) is 48.5 Å². The summed E-state index contributed by atoms with van der Waals surface area (Å²) < 4.78 is 1.64. The zero-order valence-electron chi connectivity index (χ0n) is 16.8. The van der Waals surface area contributed by atoms with Crippen LogP contribution in [0.5, 0.6) is 0 Å². The maximum absolute atomic E-state index is 12.8. The summed E-state index contributed by atoms with van der Waals surface area (Å²) in [5, 5.41) is 7.48. The molecule has 4 amide bonds. The van der Waals surface area contributed by atoms with E-state index in [1.54, 1.807) is 15.6 Å². The Kier molecular flexibility index (Phi) is 4.74. The van der Waals surface area contributed by atoms with Gasteiger partial charge in [0.15, 0.2) is 0 Å². The number of nitrogens with one attached hydrogen (secondary N) is 1. The largest absolute Gasteiger partial charge is 0.327 e. The zero-order chi connectivity index (χ0) is 21.4. The molecule has 156 valence electrons. The Bertz CT molecular complexity index is 1140. The zero-order valence-corrected chi connectivity index (χ0v) is 16.8. The van der Waals surface area contributed by atoms with E-state index in [0.29, 0.717) is 11.5 Å². The third-order valence-corrected chi connectivity index (χ3v) is 5.42. The summed E-state index contributed by atoms with van der Waals surface area (Å²) in [6.07, 6.45) is 1.83. The average Bonchev–Trinajstić information content (AvgIpc) is 3.49. The third-order valence-electron chi connectivity index (χ3n) is 5.42.